The van der Waals surface area contributed by atoms with Crippen LogP contribution < -0.4 is 0 Å². The Bertz CT molecular complexity index is 1880. The first-order chi connectivity index (χ1) is 43.8. The molecule has 0 aliphatic carbocycles. The Kier molecular flexibility index (Phi) is 60.7. The first-order valence-corrected chi connectivity index (χ1v) is 39.7. The van der Waals surface area contributed by atoms with Crippen LogP contribution in [0.1, 0.15) is 337 Å². The van der Waals surface area contributed by atoms with Crippen LogP contribution in [-0.2, 0) is 65.4 Å². The Hall–Kier alpha value is -2.46. The standard InChI is InChI=1S/C72H136O17P2/c1-8-11-12-13-14-15-16-17-18-19-22-25-31-39-46-53-69(74)82-59-67(88-71(76)55-48-41-32-26-23-20-21-24-29-36-43-50-63(4)5)61-86-90(78,79)84-57-66(73)58-85-91(80,81)87-62-68(60-83-70(75)54-47-40-35-34-38-45-52-65(7)10-3)89-72(77)56-49-42-33-28-27-30-37-44-51-64(6)9-2/h15-18,63-68,73H,8-14,19-62H2,1-7H3,(H,78,79)(H,80,81)/b16-15-,18-17-/t64?,65?,66-,67-,68-/m1/s1. The number of allylic oxidation sites excluding steroid dienone is 4. The van der Waals surface area contributed by atoms with Gasteiger partial charge in [0.2, 0.25) is 0 Å². The molecule has 91 heavy (non-hydrogen) atoms. The summed E-state index contributed by atoms with van der Waals surface area (Å²) in [7, 11) is -9.92. The number of carbonyl (C=O) groups is 4. The average molecular weight is 1340 g/mol. The smallest absolute Gasteiger partial charge is 0.462 e. The molecule has 7 atom stereocenters. The second kappa shape index (κ2) is 62.4. The average Bonchev–Trinajstić information content (AvgIpc) is 3.71. The number of hydrogen-bond acceptors (Lipinski definition) is 15. The molecule has 3 N–H and O–H groups in total. The van der Waals surface area contributed by atoms with Crippen molar-refractivity contribution < 1.29 is 80.2 Å². The van der Waals surface area contributed by atoms with Crippen molar-refractivity contribution in [3.8, 4) is 0 Å². The van der Waals surface area contributed by atoms with Crippen LogP contribution in [0.5, 0.6) is 0 Å². The highest BCUT2D eigenvalue weighted by Crippen LogP contribution is 2.45. The Morgan fingerprint density at radius 1 is 0.363 bits per heavy atom. The summed E-state index contributed by atoms with van der Waals surface area (Å²) < 4.78 is 68.3. The third-order valence-corrected chi connectivity index (χ3v) is 18.6. The van der Waals surface area contributed by atoms with E-state index in [1.807, 2.05) is 0 Å². The summed E-state index contributed by atoms with van der Waals surface area (Å²) in [6.45, 7) is 11.7. The molecule has 0 saturated heterocycles. The van der Waals surface area contributed by atoms with Gasteiger partial charge in [0.25, 0.3) is 0 Å². The molecule has 17 nitrogen and oxygen atoms in total. The summed E-state index contributed by atoms with van der Waals surface area (Å²) >= 11 is 0. The van der Waals surface area contributed by atoms with E-state index in [0.717, 1.165) is 133 Å². The van der Waals surface area contributed by atoms with Crippen LogP contribution in [0.25, 0.3) is 0 Å². The minimum absolute atomic E-state index is 0.0990. The van der Waals surface area contributed by atoms with Crippen LogP contribution in [0.3, 0.4) is 0 Å². The maximum absolute atomic E-state index is 13.0. The predicted octanol–water partition coefficient (Wildman–Crippen LogP) is 20.2. The van der Waals surface area contributed by atoms with Gasteiger partial charge in [0.15, 0.2) is 12.2 Å². The molecular formula is C72H136O17P2. The minimum atomic E-state index is -4.96. The van der Waals surface area contributed by atoms with E-state index in [4.69, 9.17) is 37.0 Å². The van der Waals surface area contributed by atoms with Crippen LogP contribution in [0.4, 0.5) is 0 Å². The molecule has 0 radical (unpaired) electrons. The summed E-state index contributed by atoms with van der Waals surface area (Å²) in [6.07, 6.45) is 49.3. The van der Waals surface area contributed by atoms with E-state index in [9.17, 15) is 43.2 Å². The van der Waals surface area contributed by atoms with Gasteiger partial charge >= 0.3 is 39.5 Å². The number of rotatable bonds is 68. The van der Waals surface area contributed by atoms with Crippen molar-refractivity contribution in [3.05, 3.63) is 24.3 Å². The lowest BCUT2D eigenvalue weighted by Crippen LogP contribution is -2.30. The van der Waals surface area contributed by atoms with E-state index in [0.29, 0.717) is 25.7 Å². The van der Waals surface area contributed by atoms with Crippen LogP contribution in [0, 0.1) is 17.8 Å². The maximum Gasteiger partial charge on any atom is 0.472 e. The summed E-state index contributed by atoms with van der Waals surface area (Å²) in [5, 5.41) is 10.6. The van der Waals surface area contributed by atoms with Crippen molar-refractivity contribution >= 4 is 39.5 Å². The van der Waals surface area contributed by atoms with E-state index in [2.05, 4.69) is 72.8 Å². The molecule has 0 aromatic heterocycles. The molecule has 0 amide bonds. The SMILES string of the molecule is CCCCCC/C=C\C=C/CCCCCCCC(=O)OC[C@H](COP(=O)(O)OC[C@@H](O)COP(=O)(O)OC[C@@H](COC(=O)CCCCCCCCC(C)CC)OC(=O)CCCCCCCCCCC(C)CC)OC(=O)CCCCCCCCCCCCCC(C)C. The van der Waals surface area contributed by atoms with Gasteiger partial charge in [0.1, 0.15) is 19.3 Å². The summed E-state index contributed by atoms with van der Waals surface area (Å²) in [5.41, 5.74) is 0. The first-order valence-electron chi connectivity index (χ1n) is 36.7. The van der Waals surface area contributed by atoms with E-state index < -0.39 is 97.5 Å². The van der Waals surface area contributed by atoms with Crippen molar-refractivity contribution in [1.82, 2.24) is 0 Å². The second-order valence-electron chi connectivity index (χ2n) is 26.3. The van der Waals surface area contributed by atoms with Crippen LogP contribution >= 0.6 is 15.6 Å². The molecule has 19 heteroatoms. The first kappa shape index (κ1) is 88.5. The van der Waals surface area contributed by atoms with Crippen molar-refractivity contribution in [2.75, 3.05) is 39.6 Å². The fourth-order valence-electron chi connectivity index (χ4n) is 10.3. The van der Waals surface area contributed by atoms with Gasteiger partial charge in [-0.15, -0.1) is 0 Å². The molecule has 536 valence electrons. The lowest BCUT2D eigenvalue weighted by Gasteiger charge is -2.21. The van der Waals surface area contributed by atoms with Crippen LogP contribution in [-0.4, -0.2) is 96.7 Å². The van der Waals surface area contributed by atoms with Gasteiger partial charge in [0, 0.05) is 25.7 Å². The highest BCUT2D eigenvalue weighted by Gasteiger charge is 2.30. The van der Waals surface area contributed by atoms with Crippen LogP contribution in [0.2, 0.25) is 0 Å². The molecule has 0 rings (SSSR count). The predicted molar refractivity (Wildman–Crippen MR) is 367 cm³/mol. The molecule has 0 heterocycles. The van der Waals surface area contributed by atoms with Crippen molar-refractivity contribution in [3.63, 3.8) is 0 Å². The van der Waals surface area contributed by atoms with Gasteiger partial charge in [-0.25, -0.2) is 9.13 Å². The number of carbonyl (C=O) groups excluding carboxylic acids is 4. The molecule has 0 saturated carbocycles. The molecule has 0 aliphatic rings. The normalized spacial score (nSPS) is 14.9. The molecule has 0 spiro atoms. The quantitative estimate of drug-likeness (QED) is 0.0169. The number of hydrogen-bond donors (Lipinski definition) is 3. The number of unbranched alkanes of at least 4 members (excludes halogenated alkanes) is 31. The minimum Gasteiger partial charge on any atom is -0.462 e. The van der Waals surface area contributed by atoms with Crippen LogP contribution in [0.15, 0.2) is 24.3 Å². The highest BCUT2D eigenvalue weighted by molar-refractivity contribution is 7.47. The van der Waals surface area contributed by atoms with Gasteiger partial charge in [-0.1, -0.05) is 285 Å². The summed E-state index contributed by atoms with van der Waals surface area (Å²) in [4.78, 5) is 72.6. The molecular weight excluding hydrogens is 1200 g/mol. The van der Waals surface area contributed by atoms with Gasteiger partial charge in [-0.2, -0.15) is 0 Å². The fraction of sp³-hybridized carbons (Fsp3) is 0.889. The Morgan fingerprint density at radius 2 is 0.648 bits per heavy atom. The zero-order chi connectivity index (χ0) is 67.3. The van der Waals surface area contributed by atoms with Crippen molar-refractivity contribution in [1.29, 1.82) is 0 Å². The van der Waals surface area contributed by atoms with E-state index in [1.165, 1.54) is 122 Å². The van der Waals surface area contributed by atoms with E-state index in [1.54, 1.807) is 0 Å². The van der Waals surface area contributed by atoms with Gasteiger partial charge < -0.3 is 33.8 Å². The molecule has 0 fully saturated rings. The number of phosphoric ester groups is 2. The number of ether oxygens (including phenoxy) is 4. The Balaban J connectivity index is 5.30. The van der Waals surface area contributed by atoms with Gasteiger partial charge in [-0.05, 0) is 69.1 Å². The molecule has 0 aliphatic heterocycles. The van der Waals surface area contributed by atoms with Crippen molar-refractivity contribution in [2.45, 2.75) is 356 Å². The third kappa shape index (κ3) is 63.4. The second-order valence-corrected chi connectivity index (χ2v) is 29.2. The molecule has 4 unspecified atom stereocenters. The lowest BCUT2D eigenvalue weighted by atomic mass is 9.99. The maximum atomic E-state index is 13.0. The number of phosphoric acid groups is 2. The lowest BCUT2D eigenvalue weighted by molar-refractivity contribution is -0.161. The number of esters is 4. The fourth-order valence-corrected chi connectivity index (χ4v) is 11.9. The molecule has 0 aromatic rings. The molecule has 0 bridgehead atoms. The summed E-state index contributed by atoms with van der Waals surface area (Å²) in [6, 6.07) is 0. The number of aliphatic hydroxyl groups is 1. The zero-order valence-electron chi connectivity index (χ0n) is 58.8. The van der Waals surface area contributed by atoms with Crippen molar-refractivity contribution in [2.24, 2.45) is 17.8 Å². The number of aliphatic hydroxyl groups excluding tert-OH is 1. The van der Waals surface area contributed by atoms with Gasteiger partial charge in [-0.3, -0.25) is 37.3 Å². The largest absolute Gasteiger partial charge is 0.472 e. The Morgan fingerprint density at radius 3 is 0.978 bits per heavy atom. The topological polar surface area (TPSA) is 237 Å². The zero-order valence-corrected chi connectivity index (χ0v) is 60.6. The monoisotopic (exact) mass is 1330 g/mol. The highest BCUT2D eigenvalue weighted by atomic mass is 31.2. The van der Waals surface area contributed by atoms with Gasteiger partial charge in [0.05, 0.1) is 26.4 Å². The van der Waals surface area contributed by atoms with E-state index >= 15 is 0 Å². The summed E-state index contributed by atoms with van der Waals surface area (Å²) in [5.74, 6) is 0.103. The third-order valence-electron chi connectivity index (χ3n) is 16.7. The van der Waals surface area contributed by atoms with E-state index in [-0.39, 0.29) is 25.7 Å². The molecule has 0 aromatic carbocycles. The Labute approximate surface area is 554 Å².